The highest BCUT2D eigenvalue weighted by atomic mass is 35.5. The first kappa shape index (κ1) is 18.3. The number of piperidine rings is 1. The van der Waals surface area contributed by atoms with Crippen molar-refractivity contribution in [1.82, 2.24) is 5.32 Å². The number of amides is 1. The smallest absolute Gasteiger partial charge is 0.227 e. The van der Waals surface area contributed by atoms with Crippen molar-refractivity contribution in [2.24, 2.45) is 17.8 Å². The SMILES string of the molecule is CC1Cc2ccccc2N(C(=O)CC(C)C2CCCNC2)C1.Cl. The molecule has 1 aromatic carbocycles. The molecule has 0 aromatic heterocycles. The van der Waals surface area contributed by atoms with Crippen LogP contribution < -0.4 is 10.2 Å². The highest BCUT2D eigenvalue weighted by Crippen LogP contribution is 2.31. The van der Waals surface area contributed by atoms with Crippen molar-refractivity contribution in [3.63, 3.8) is 0 Å². The molecule has 0 saturated carbocycles. The zero-order valence-electron chi connectivity index (χ0n) is 14.3. The molecule has 3 nitrogen and oxygen atoms in total. The van der Waals surface area contributed by atoms with Gasteiger partial charge in [-0.3, -0.25) is 4.79 Å². The third-order valence-corrected chi connectivity index (χ3v) is 5.28. The van der Waals surface area contributed by atoms with Crippen LogP contribution in [0.2, 0.25) is 0 Å². The van der Waals surface area contributed by atoms with Gasteiger partial charge in [0.15, 0.2) is 0 Å². The Balaban J connectivity index is 0.00000192. The lowest BCUT2D eigenvalue weighted by Gasteiger charge is -2.35. The summed E-state index contributed by atoms with van der Waals surface area (Å²) in [6.07, 6.45) is 4.26. The summed E-state index contributed by atoms with van der Waals surface area (Å²) in [4.78, 5) is 14.9. The maximum atomic E-state index is 12.9. The van der Waals surface area contributed by atoms with Crippen molar-refractivity contribution in [2.75, 3.05) is 24.5 Å². The third-order valence-electron chi connectivity index (χ3n) is 5.28. The fourth-order valence-electron chi connectivity index (χ4n) is 3.95. The molecule has 1 fully saturated rings. The molecular weight excluding hydrogens is 308 g/mol. The molecule has 3 unspecified atom stereocenters. The Morgan fingerprint density at radius 3 is 2.91 bits per heavy atom. The molecular formula is C19H29ClN2O. The molecule has 0 bridgehead atoms. The molecule has 2 aliphatic heterocycles. The molecule has 23 heavy (non-hydrogen) atoms. The van der Waals surface area contributed by atoms with Crippen LogP contribution in [-0.2, 0) is 11.2 Å². The first-order valence-electron chi connectivity index (χ1n) is 8.74. The van der Waals surface area contributed by atoms with Crippen molar-refractivity contribution in [3.05, 3.63) is 29.8 Å². The predicted molar refractivity (Wildman–Crippen MR) is 98.3 cm³/mol. The summed E-state index contributed by atoms with van der Waals surface area (Å²) in [7, 11) is 0. The summed E-state index contributed by atoms with van der Waals surface area (Å²) >= 11 is 0. The van der Waals surface area contributed by atoms with E-state index in [0.717, 1.165) is 31.7 Å². The van der Waals surface area contributed by atoms with Gasteiger partial charge in [-0.15, -0.1) is 12.4 Å². The fraction of sp³-hybridized carbons (Fsp3) is 0.632. The van der Waals surface area contributed by atoms with E-state index in [4.69, 9.17) is 0 Å². The van der Waals surface area contributed by atoms with Crippen molar-refractivity contribution < 1.29 is 4.79 Å². The van der Waals surface area contributed by atoms with Gasteiger partial charge in [0.2, 0.25) is 5.91 Å². The summed E-state index contributed by atoms with van der Waals surface area (Å²) in [5.41, 5.74) is 2.46. The van der Waals surface area contributed by atoms with Gasteiger partial charge >= 0.3 is 0 Å². The van der Waals surface area contributed by atoms with Crippen LogP contribution in [0, 0.1) is 17.8 Å². The third kappa shape index (κ3) is 4.27. The number of fused-ring (bicyclic) bond motifs is 1. The Bertz CT molecular complexity index is 528. The van der Waals surface area contributed by atoms with Crippen LogP contribution in [0.4, 0.5) is 5.69 Å². The van der Waals surface area contributed by atoms with Crippen molar-refractivity contribution in [3.8, 4) is 0 Å². The van der Waals surface area contributed by atoms with Gasteiger partial charge in [0.25, 0.3) is 0 Å². The number of carbonyl (C=O) groups excluding carboxylic acids is 1. The van der Waals surface area contributed by atoms with Crippen molar-refractivity contribution in [1.29, 1.82) is 0 Å². The standard InChI is InChI=1S/C19H28N2O.ClH/c1-14-10-16-6-3-4-8-18(16)21(13-14)19(22)11-15(2)17-7-5-9-20-12-17;/h3-4,6,8,14-15,17,20H,5,7,9-13H2,1-2H3;1H. The number of para-hydroxylation sites is 1. The molecule has 0 radical (unpaired) electrons. The average molecular weight is 337 g/mol. The zero-order valence-corrected chi connectivity index (χ0v) is 15.1. The van der Waals surface area contributed by atoms with Gasteiger partial charge < -0.3 is 10.2 Å². The second-order valence-corrected chi connectivity index (χ2v) is 7.23. The topological polar surface area (TPSA) is 32.3 Å². The minimum Gasteiger partial charge on any atom is -0.316 e. The van der Waals surface area contributed by atoms with E-state index in [-0.39, 0.29) is 12.4 Å². The number of hydrogen-bond acceptors (Lipinski definition) is 2. The van der Waals surface area contributed by atoms with E-state index in [2.05, 4.69) is 37.4 Å². The minimum atomic E-state index is 0. The van der Waals surface area contributed by atoms with E-state index in [1.807, 2.05) is 11.0 Å². The number of nitrogens with zero attached hydrogens (tertiary/aromatic N) is 1. The molecule has 0 aliphatic carbocycles. The van der Waals surface area contributed by atoms with Crippen LogP contribution in [0.1, 0.15) is 38.7 Å². The second kappa shape index (κ2) is 8.16. The Morgan fingerprint density at radius 1 is 1.39 bits per heavy atom. The maximum absolute atomic E-state index is 12.9. The van der Waals surface area contributed by atoms with Gasteiger partial charge in [0.1, 0.15) is 0 Å². The molecule has 2 aliphatic rings. The minimum absolute atomic E-state index is 0. The van der Waals surface area contributed by atoms with Crippen LogP contribution >= 0.6 is 12.4 Å². The summed E-state index contributed by atoms with van der Waals surface area (Å²) in [5.74, 6) is 1.96. The molecule has 3 atom stereocenters. The van der Waals surface area contributed by atoms with E-state index in [1.165, 1.54) is 18.4 Å². The van der Waals surface area contributed by atoms with E-state index in [0.29, 0.717) is 30.1 Å². The van der Waals surface area contributed by atoms with Gasteiger partial charge in [-0.1, -0.05) is 32.0 Å². The number of benzene rings is 1. The lowest BCUT2D eigenvalue weighted by Crippen LogP contribution is -2.41. The summed E-state index contributed by atoms with van der Waals surface area (Å²) in [6.45, 7) is 7.56. The Morgan fingerprint density at radius 2 is 2.17 bits per heavy atom. The van der Waals surface area contributed by atoms with Crippen LogP contribution in [-0.4, -0.2) is 25.5 Å². The highest BCUT2D eigenvalue weighted by Gasteiger charge is 2.29. The quantitative estimate of drug-likeness (QED) is 0.913. The molecule has 1 amide bonds. The molecule has 2 heterocycles. The number of hydrogen-bond donors (Lipinski definition) is 1. The molecule has 4 heteroatoms. The van der Waals surface area contributed by atoms with E-state index in [9.17, 15) is 4.79 Å². The summed E-state index contributed by atoms with van der Waals surface area (Å²) in [5, 5.41) is 3.47. The molecule has 1 aromatic rings. The first-order valence-corrected chi connectivity index (χ1v) is 8.74. The maximum Gasteiger partial charge on any atom is 0.227 e. The van der Waals surface area contributed by atoms with Gasteiger partial charge in [0.05, 0.1) is 0 Å². The Labute approximate surface area is 146 Å². The van der Waals surface area contributed by atoms with Crippen LogP contribution in [0.5, 0.6) is 0 Å². The molecule has 1 N–H and O–H groups in total. The summed E-state index contributed by atoms with van der Waals surface area (Å²) in [6, 6.07) is 8.39. The van der Waals surface area contributed by atoms with Crippen molar-refractivity contribution >= 4 is 24.0 Å². The lowest BCUT2D eigenvalue weighted by atomic mass is 9.84. The normalized spacial score (nSPS) is 25.2. The zero-order chi connectivity index (χ0) is 15.5. The number of nitrogens with one attached hydrogen (secondary N) is 1. The molecule has 3 rings (SSSR count). The van der Waals surface area contributed by atoms with Gasteiger partial charge in [-0.25, -0.2) is 0 Å². The molecule has 0 spiro atoms. The van der Waals surface area contributed by atoms with E-state index >= 15 is 0 Å². The monoisotopic (exact) mass is 336 g/mol. The Kier molecular flexibility index (Phi) is 6.49. The predicted octanol–water partition coefficient (Wildman–Crippen LogP) is 3.66. The Hall–Kier alpha value is -1.06. The highest BCUT2D eigenvalue weighted by molar-refractivity contribution is 5.94. The second-order valence-electron chi connectivity index (χ2n) is 7.23. The number of carbonyl (C=O) groups is 1. The van der Waals surface area contributed by atoms with Crippen LogP contribution in [0.15, 0.2) is 24.3 Å². The van der Waals surface area contributed by atoms with Gasteiger partial charge in [-0.05, 0) is 61.7 Å². The fourth-order valence-corrected chi connectivity index (χ4v) is 3.95. The number of rotatable bonds is 3. The van der Waals surface area contributed by atoms with E-state index in [1.54, 1.807) is 0 Å². The number of anilines is 1. The van der Waals surface area contributed by atoms with Crippen LogP contribution in [0.25, 0.3) is 0 Å². The average Bonchev–Trinajstić information content (AvgIpc) is 2.54. The van der Waals surface area contributed by atoms with Gasteiger partial charge in [-0.2, -0.15) is 0 Å². The van der Waals surface area contributed by atoms with Crippen LogP contribution in [0.3, 0.4) is 0 Å². The lowest BCUT2D eigenvalue weighted by molar-refractivity contribution is -0.120. The largest absolute Gasteiger partial charge is 0.316 e. The number of halogens is 1. The first-order chi connectivity index (χ1) is 10.6. The van der Waals surface area contributed by atoms with E-state index < -0.39 is 0 Å². The molecule has 1 saturated heterocycles. The van der Waals surface area contributed by atoms with Crippen molar-refractivity contribution in [2.45, 2.75) is 39.5 Å². The summed E-state index contributed by atoms with van der Waals surface area (Å²) < 4.78 is 0. The van der Waals surface area contributed by atoms with Gasteiger partial charge in [0, 0.05) is 18.7 Å². The molecule has 128 valence electrons.